The van der Waals surface area contributed by atoms with Crippen molar-refractivity contribution in [2.75, 3.05) is 25.5 Å². The van der Waals surface area contributed by atoms with Gasteiger partial charge in [-0.1, -0.05) is 0 Å². The number of hydrogen-bond donors (Lipinski definition) is 2. The van der Waals surface area contributed by atoms with E-state index in [0.717, 1.165) is 35.5 Å². The van der Waals surface area contributed by atoms with Gasteiger partial charge in [-0.15, -0.1) is 0 Å². The topological polar surface area (TPSA) is 84.9 Å². The fraction of sp³-hybridized carbons (Fsp3) is 0.250. The number of rotatable bonds is 4. The monoisotopic (exact) mass is 308 g/mol. The lowest BCUT2D eigenvalue weighted by Crippen LogP contribution is -2.50. The molecule has 3 aromatic heterocycles. The van der Waals surface area contributed by atoms with Crippen LogP contribution >= 0.6 is 0 Å². The van der Waals surface area contributed by atoms with Crippen LogP contribution in [0.5, 0.6) is 5.88 Å². The van der Waals surface area contributed by atoms with Crippen molar-refractivity contribution in [3.8, 4) is 17.3 Å². The van der Waals surface area contributed by atoms with Crippen LogP contribution in [0.4, 0.5) is 5.82 Å². The molecule has 0 atom stereocenters. The minimum Gasteiger partial charge on any atom is -0.471 e. The Labute approximate surface area is 133 Å². The van der Waals surface area contributed by atoms with Crippen LogP contribution in [0.25, 0.3) is 22.3 Å². The van der Waals surface area contributed by atoms with Gasteiger partial charge in [0.05, 0.1) is 23.6 Å². The predicted molar refractivity (Wildman–Crippen MR) is 87.4 cm³/mol. The molecule has 2 N–H and O–H groups in total. The first-order valence-corrected chi connectivity index (χ1v) is 7.46. The average Bonchev–Trinajstić information content (AvgIpc) is 2.57. The number of pyridine rings is 2. The zero-order valence-electron chi connectivity index (χ0n) is 12.7. The van der Waals surface area contributed by atoms with Crippen LogP contribution in [0.3, 0.4) is 0 Å². The number of aromatic nitrogens is 4. The lowest BCUT2D eigenvalue weighted by Gasteiger charge is -2.27. The first kappa shape index (κ1) is 13.8. The van der Waals surface area contributed by atoms with E-state index in [1.54, 1.807) is 18.6 Å². The largest absolute Gasteiger partial charge is 0.471 e. The second-order valence-corrected chi connectivity index (χ2v) is 5.35. The molecular weight excluding hydrogens is 292 g/mol. The molecule has 0 aliphatic carbocycles. The Balaban J connectivity index is 1.68. The summed E-state index contributed by atoms with van der Waals surface area (Å²) in [5, 5.41) is 7.16. The van der Waals surface area contributed by atoms with Crippen molar-refractivity contribution in [2.24, 2.45) is 0 Å². The summed E-state index contributed by atoms with van der Waals surface area (Å²) in [6, 6.07) is 5.81. The third-order valence-electron chi connectivity index (χ3n) is 3.74. The van der Waals surface area contributed by atoms with Crippen molar-refractivity contribution in [3.05, 3.63) is 36.8 Å². The third kappa shape index (κ3) is 2.78. The lowest BCUT2D eigenvalue weighted by atomic mass is 10.2. The smallest absolute Gasteiger partial charge is 0.233 e. The third-order valence-corrected chi connectivity index (χ3v) is 3.74. The van der Waals surface area contributed by atoms with E-state index in [9.17, 15) is 0 Å². The van der Waals surface area contributed by atoms with Crippen LogP contribution in [0.1, 0.15) is 0 Å². The highest BCUT2D eigenvalue weighted by atomic mass is 16.5. The molecule has 1 saturated heterocycles. The highest BCUT2D eigenvalue weighted by molar-refractivity contribution is 5.82. The molecule has 0 bridgehead atoms. The maximum atomic E-state index is 5.75. The molecule has 0 amide bonds. The number of fused-ring (bicyclic) bond motifs is 1. The Morgan fingerprint density at radius 1 is 1.13 bits per heavy atom. The molecule has 0 radical (unpaired) electrons. The number of nitrogens with one attached hydrogen (secondary N) is 2. The van der Waals surface area contributed by atoms with Crippen molar-refractivity contribution < 1.29 is 4.74 Å². The van der Waals surface area contributed by atoms with Crippen LogP contribution in [0.15, 0.2) is 36.8 Å². The quantitative estimate of drug-likeness (QED) is 0.755. The molecule has 1 fully saturated rings. The van der Waals surface area contributed by atoms with Crippen LogP contribution in [-0.2, 0) is 0 Å². The maximum Gasteiger partial charge on any atom is 0.233 e. The van der Waals surface area contributed by atoms with Crippen LogP contribution < -0.4 is 15.4 Å². The molecule has 4 heterocycles. The molecule has 0 unspecified atom stereocenters. The fourth-order valence-corrected chi connectivity index (χ4v) is 2.34. The van der Waals surface area contributed by atoms with Gasteiger partial charge in [-0.25, -0.2) is 15.0 Å². The van der Waals surface area contributed by atoms with E-state index >= 15 is 0 Å². The maximum absolute atomic E-state index is 5.75. The van der Waals surface area contributed by atoms with Crippen molar-refractivity contribution in [3.63, 3.8) is 0 Å². The van der Waals surface area contributed by atoms with E-state index in [0.29, 0.717) is 11.6 Å². The van der Waals surface area contributed by atoms with Crippen molar-refractivity contribution >= 4 is 16.7 Å². The summed E-state index contributed by atoms with van der Waals surface area (Å²) in [5.74, 6) is 1.31. The number of hydrogen-bond acceptors (Lipinski definition) is 7. The Hall–Kier alpha value is -2.80. The van der Waals surface area contributed by atoms with Crippen molar-refractivity contribution in [2.45, 2.75) is 6.10 Å². The summed E-state index contributed by atoms with van der Waals surface area (Å²) in [5.41, 5.74) is 2.31. The summed E-state index contributed by atoms with van der Waals surface area (Å²) < 4.78 is 5.75. The molecule has 1 aliphatic rings. The van der Waals surface area contributed by atoms with Crippen LogP contribution in [0, 0.1) is 0 Å². The van der Waals surface area contributed by atoms with E-state index in [-0.39, 0.29) is 6.10 Å². The van der Waals surface area contributed by atoms with Gasteiger partial charge in [0, 0.05) is 37.8 Å². The van der Waals surface area contributed by atoms with Gasteiger partial charge in [-0.05, 0) is 12.1 Å². The molecule has 3 aromatic rings. The van der Waals surface area contributed by atoms with E-state index in [4.69, 9.17) is 4.74 Å². The van der Waals surface area contributed by atoms with E-state index in [1.807, 2.05) is 25.2 Å². The molecule has 0 aromatic carbocycles. The highest BCUT2D eigenvalue weighted by Gasteiger charge is 2.19. The molecular formula is C16H16N6O. The van der Waals surface area contributed by atoms with Gasteiger partial charge in [-0.3, -0.25) is 4.98 Å². The molecule has 4 rings (SSSR count). The van der Waals surface area contributed by atoms with Gasteiger partial charge in [0.2, 0.25) is 5.88 Å². The zero-order valence-corrected chi connectivity index (χ0v) is 12.7. The van der Waals surface area contributed by atoms with Gasteiger partial charge in [0.1, 0.15) is 17.6 Å². The minimum atomic E-state index is 0.174. The standard InChI is InChI=1S/C16H16N6O/c1-17-15-4-13-10(5-20-15)2-3-12(21-13)14-8-19-9-16(22-14)23-11-6-18-7-11/h2-5,8-9,11,18H,6-7H2,1H3,(H,17,20). The molecule has 116 valence electrons. The molecule has 7 heteroatoms. The Morgan fingerprint density at radius 2 is 2.04 bits per heavy atom. The molecule has 23 heavy (non-hydrogen) atoms. The lowest BCUT2D eigenvalue weighted by molar-refractivity contribution is 0.135. The van der Waals surface area contributed by atoms with Crippen molar-refractivity contribution in [1.29, 1.82) is 0 Å². The summed E-state index contributed by atoms with van der Waals surface area (Å²) in [7, 11) is 1.83. The van der Waals surface area contributed by atoms with Crippen LogP contribution in [-0.4, -0.2) is 46.2 Å². The Bertz CT molecular complexity index is 849. The normalized spacial score (nSPS) is 14.5. The number of ether oxygens (including phenoxy) is 1. The second kappa shape index (κ2) is 5.77. The van der Waals surface area contributed by atoms with Gasteiger partial charge in [0.25, 0.3) is 0 Å². The van der Waals surface area contributed by atoms with E-state index in [2.05, 4.69) is 30.6 Å². The summed E-state index contributed by atoms with van der Waals surface area (Å²) in [6.07, 6.45) is 5.30. The Kier molecular flexibility index (Phi) is 3.47. The van der Waals surface area contributed by atoms with Gasteiger partial charge in [0.15, 0.2) is 0 Å². The predicted octanol–water partition coefficient (Wildman–Crippen LogP) is 1.48. The number of nitrogens with zero attached hydrogens (tertiary/aromatic N) is 4. The Morgan fingerprint density at radius 3 is 2.83 bits per heavy atom. The van der Waals surface area contributed by atoms with Gasteiger partial charge >= 0.3 is 0 Å². The number of anilines is 1. The van der Waals surface area contributed by atoms with Gasteiger partial charge in [-0.2, -0.15) is 0 Å². The first-order valence-electron chi connectivity index (χ1n) is 7.46. The fourth-order valence-electron chi connectivity index (χ4n) is 2.34. The average molecular weight is 308 g/mol. The van der Waals surface area contributed by atoms with E-state index < -0.39 is 0 Å². The van der Waals surface area contributed by atoms with Crippen molar-refractivity contribution in [1.82, 2.24) is 25.3 Å². The molecule has 0 spiro atoms. The zero-order chi connectivity index (χ0) is 15.6. The molecule has 1 aliphatic heterocycles. The van der Waals surface area contributed by atoms with Gasteiger partial charge < -0.3 is 15.4 Å². The second-order valence-electron chi connectivity index (χ2n) is 5.35. The summed E-state index contributed by atoms with van der Waals surface area (Å²) >= 11 is 0. The molecule has 0 saturated carbocycles. The SMILES string of the molecule is CNc1cc2nc(-c3cncc(OC4CNC4)n3)ccc2cn1. The van der Waals surface area contributed by atoms with Crippen LogP contribution in [0.2, 0.25) is 0 Å². The molecule has 7 nitrogen and oxygen atoms in total. The summed E-state index contributed by atoms with van der Waals surface area (Å²) in [4.78, 5) is 17.7. The first-order chi connectivity index (χ1) is 11.3. The highest BCUT2D eigenvalue weighted by Crippen LogP contribution is 2.22. The van der Waals surface area contributed by atoms with E-state index in [1.165, 1.54) is 0 Å². The minimum absolute atomic E-state index is 0.174. The summed E-state index contributed by atoms with van der Waals surface area (Å²) in [6.45, 7) is 1.69.